The summed E-state index contributed by atoms with van der Waals surface area (Å²) in [5.74, 6) is 0. The summed E-state index contributed by atoms with van der Waals surface area (Å²) in [7, 11) is 0. The van der Waals surface area contributed by atoms with Gasteiger partial charge in [0.2, 0.25) is 0 Å². The maximum Gasteiger partial charge on any atom is 2.00 e. The van der Waals surface area contributed by atoms with Crippen LogP contribution >= 0.6 is 0 Å². The van der Waals surface area contributed by atoms with Gasteiger partial charge in [-0.05, 0) is 13.0 Å². The van der Waals surface area contributed by atoms with Crippen molar-refractivity contribution in [1.29, 1.82) is 0 Å². The number of benzene rings is 1. The van der Waals surface area contributed by atoms with Crippen LogP contribution in [0.15, 0.2) is 43.0 Å². The first-order valence-electron chi connectivity index (χ1n) is 4.52. The molecule has 1 unspecified atom stereocenters. The predicted molar refractivity (Wildman–Crippen MR) is 62.6 cm³/mol. The molecule has 0 heterocycles. The van der Waals surface area contributed by atoms with Crippen LogP contribution in [-0.2, 0) is 6.54 Å². The minimum atomic E-state index is -1.55. The Labute approximate surface area is 118 Å². The SMILES string of the molecule is C=CC(C)[N+]([O-])([O-])Cc1ccccc1.[Cl-].[Mg+2]. The van der Waals surface area contributed by atoms with E-state index in [0.717, 1.165) is 5.56 Å². The fraction of sp³-hybridized carbons (Fsp3) is 0.273. The second-order valence-corrected chi connectivity index (χ2v) is 3.35. The summed E-state index contributed by atoms with van der Waals surface area (Å²) in [4.78, 5) is -1.55. The van der Waals surface area contributed by atoms with Gasteiger partial charge in [-0.25, -0.2) is 0 Å². The summed E-state index contributed by atoms with van der Waals surface area (Å²) >= 11 is 0. The summed E-state index contributed by atoms with van der Waals surface area (Å²) in [5.41, 5.74) is 0.756. The van der Waals surface area contributed by atoms with E-state index in [2.05, 4.69) is 6.58 Å². The van der Waals surface area contributed by atoms with Crippen molar-refractivity contribution in [2.75, 3.05) is 0 Å². The number of rotatable bonds is 4. The number of hydrogen-bond donors (Lipinski definition) is 0. The van der Waals surface area contributed by atoms with Crippen LogP contribution in [0, 0.1) is 10.4 Å². The van der Waals surface area contributed by atoms with Crippen molar-refractivity contribution in [1.82, 2.24) is 0 Å². The first kappa shape index (κ1) is 18.3. The smallest absolute Gasteiger partial charge is 1.00 e. The van der Waals surface area contributed by atoms with Gasteiger partial charge in [0.15, 0.2) is 0 Å². The molecule has 0 radical (unpaired) electrons. The van der Waals surface area contributed by atoms with E-state index in [1.807, 2.05) is 18.2 Å². The molecule has 0 aromatic heterocycles. The molecule has 16 heavy (non-hydrogen) atoms. The Kier molecular flexibility index (Phi) is 9.20. The van der Waals surface area contributed by atoms with Crippen molar-refractivity contribution in [2.24, 2.45) is 0 Å². The number of nitrogens with zero attached hydrogens (tertiary/aromatic N) is 1. The first-order chi connectivity index (χ1) is 6.56. The van der Waals surface area contributed by atoms with Gasteiger partial charge in [-0.3, -0.25) is 0 Å². The Hall–Kier alpha value is -0.104. The summed E-state index contributed by atoms with van der Waals surface area (Å²) in [6.45, 7) is 4.97. The molecule has 0 amide bonds. The molecule has 0 N–H and O–H groups in total. The number of halogens is 1. The van der Waals surface area contributed by atoms with Gasteiger partial charge in [0.05, 0.1) is 0 Å². The summed E-state index contributed by atoms with van der Waals surface area (Å²) in [5, 5.41) is 23.0. The Bertz CT molecular complexity index is 306. The molecule has 0 saturated carbocycles. The van der Waals surface area contributed by atoms with E-state index in [-0.39, 0.29) is 42.0 Å². The molecule has 3 nitrogen and oxygen atoms in total. The Morgan fingerprint density at radius 3 is 2.25 bits per heavy atom. The third-order valence-electron chi connectivity index (χ3n) is 2.21. The minimum Gasteiger partial charge on any atom is -1.00 e. The summed E-state index contributed by atoms with van der Waals surface area (Å²) < 4.78 is 0. The summed E-state index contributed by atoms with van der Waals surface area (Å²) in [6.07, 6.45) is 1.39. The zero-order valence-electron chi connectivity index (χ0n) is 9.30. The Balaban J connectivity index is 0. The quantitative estimate of drug-likeness (QED) is 0.305. The topological polar surface area (TPSA) is 46.1 Å². The van der Waals surface area contributed by atoms with Gasteiger partial charge >= 0.3 is 23.1 Å². The molecule has 1 rings (SSSR count). The van der Waals surface area contributed by atoms with E-state index in [1.54, 1.807) is 19.1 Å². The van der Waals surface area contributed by atoms with E-state index >= 15 is 0 Å². The maximum absolute atomic E-state index is 11.5. The van der Waals surface area contributed by atoms with Crippen LogP contribution in [-0.4, -0.2) is 33.9 Å². The number of hydrogen-bond acceptors (Lipinski definition) is 2. The van der Waals surface area contributed by atoms with Crippen LogP contribution in [0.3, 0.4) is 0 Å². The van der Waals surface area contributed by atoms with Gasteiger partial charge < -0.3 is 27.6 Å². The molecular formula is C11H14ClMgNO2. The van der Waals surface area contributed by atoms with Crippen molar-refractivity contribution in [3.8, 4) is 0 Å². The number of hydroxylamine groups is 4. The molecule has 1 atom stereocenters. The largest absolute Gasteiger partial charge is 2.00 e. The van der Waals surface area contributed by atoms with Crippen LogP contribution in [0.1, 0.15) is 12.5 Å². The molecule has 0 aliphatic rings. The standard InChI is InChI=1S/C11H14NO2.ClH.Mg/c1-3-10(2)12(13,14)9-11-7-5-4-6-8-11;;/h3-8,10H,1,9H2,2H3;1H;/q-1;;+2/p-1. The minimum absolute atomic E-state index is 0. The first-order valence-corrected chi connectivity index (χ1v) is 4.52. The zero-order chi connectivity index (χ0) is 10.6. The average Bonchev–Trinajstić information content (AvgIpc) is 2.17. The normalized spacial score (nSPS) is 11.9. The van der Waals surface area contributed by atoms with Crippen LogP contribution < -0.4 is 12.4 Å². The summed E-state index contributed by atoms with van der Waals surface area (Å²) in [6, 6.07) is 8.40. The third-order valence-corrected chi connectivity index (χ3v) is 2.21. The van der Waals surface area contributed by atoms with Crippen LogP contribution in [0.5, 0.6) is 0 Å². The van der Waals surface area contributed by atoms with Crippen molar-refractivity contribution in [3.63, 3.8) is 0 Å². The van der Waals surface area contributed by atoms with Gasteiger partial charge in [0, 0.05) is 5.56 Å². The Morgan fingerprint density at radius 2 is 1.81 bits per heavy atom. The monoisotopic (exact) mass is 251 g/mol. The van der Waals surface area contributed by atoms with E-state index in [1.165, 1.54) is 6.08 Å². The predicted octanol–water partition coefficient (Wildman–Crippen LogP) is -0.803. The van der Waals surface area contributed by atoms with Crippen molar-refractivity contribution in [2.45, 2.75) is 19.5 Å². The molecule has 0 fully saturated rings. The average molecular weight is 252 g/mol. The van der Waals surface area contributed by atoms with Crippen molar-refractivity contribution < 1.29 is 17.2 Å². The second kappa shape index (κ2) is 8.06. The molecule has 0 spiro atoms. The van der Waals surface area contributed by atoms with Gasteiger partial charge in [0.25, 0.3) is 0 Å². The van der Waals surface area contributed by atoms with Crippen LogP contribution in [0.25, 0.3) is 0 Å². The molecule has 0 aliphatic heterocycles. The molecule has 1 aromatic rings. The Morgan fingerprint density at radius 1 is 1.31 bits per heavy atom. The zero-order valence-corrected chi connectivity index (χ0v) is 11.5. The van der Waals surface area contributed by atoms with E-state index < -0.39 is 10.9 Å². The molecule has 0 saturated heterocycles. The third kappa shape index (κ3) is 5.29. The van der Waals surface area contributed by atoms with Crippen molar-refractivity contribution >= 4 is 23.1 Å². The molecule has 5 heteroatoms. The molecular weight excluding hydrogens is 238 g/mol. The van der Waals surface area contributed by atoms with E-state index in [4.69, 9.17) is 0 Å². The van der Waals surface area contributed by atoms with E-state index in [9.17, 15) is 10.4 Å². The van der Waals surface area contributed by atoms with E-state index in [0.29, 0.717) is 0 Å². The second-order valence-electron chi connectivity index (χ2n) is 3.35. The molecule has 1 aromatic carbocycles. The van der Waals surface area contributed by atoms with Crippen molar-refractivity contribution in [3.05, 3.63) is 59.0 Å². The van der Waals surface area contributed by atoms with Gasteiger partial charge in [-0.1, -0.05) is 36.9 Å². The molecule has 0 aliphatic carbocycles. The van der Waals surface area contributed by atoms with Gasteiger partial charge in [-0.2, -0.15) is 0 Å². The van der Waals surface area contributed by atoms with Crippen LogP contribution in [0.2, 0.25) is 0 Å². The molecule has 0 bridgehead atoms. The van der Waals surface area contributed by atoms with Gasteiger partial charge in [-0.15, -0.1) is 0 Å². The fourth-order valence-corrected chi connectivity index (χ4v) is 1.14. The van der Waals surface area contributed by atoms with Gasteiger partial charge in [0.1, 0.15) is 12.6 Å². The fourth-order valence-electron chi connectivity index (χ4n) is 1.14. The van der Waals surface area contributed by atoms with Crippen LogP contribution in [0.4, 0.5) is 0 Å². The molecule has 84 valence electrons. The number of quaternary nitrogens is 1. The maximum atomic E-state index is 11.5.